The van der Waals surface area contributed by atoms with Gasteiger partial charge in [0.2, 0.25) is 0 Å². The Balaban J connectivity index is 1.07. The number of benzene rings is 9. The van der Waals surface area contributed by atoms with E-state index in [2.05, 4.69) is 203 Å². The predicted molar refractivity (Wildman–Crippen MR) is 221 cm³/mol. The fourth-order valence-electron chi connectivity index (χ4n) is 8.52. The lowest BCUT2D eigenvalue weighted by atomic mass is 9.93. The Morgan fingerprint density at radius 2 is 0.750 bits per heavy atom. The number of fused-ring (bicyclic) bond motifs is 9. The molecule has 0 unspecified atom stereocenters. The van der Waals surface area contributed by atoms with Crippen molar-refractivity contribution in [3.8, 4) is 33.6 Å². The van der Waals surface area contributed by atoms with Gasteiger partial charge in [0.15, 0.2) is 0 Å². The number of rotatable bonds is 4. The molecule has 2 heteroatoms. The van der Waals surface area contributed by atoms with Gasteiger partial charge in [-0.1, -0.05) is 133 Å². The Morgan fingerprint density at radius 1 is 0.250 bits per heavy atom. The molecule has 0 aliphatic carbocycles. The average Bonchev–Trinajstić information content (AvgIpc) is 3.73. The molecule has 0 aliphatic heterocycles. The quantitative estimate of drug-likeness (QED) is 0.166. The summed E-state index contributed by atoms with van der Waals surface area (Å²) in [6.45, 7) is 0. The molecule has 2 heterocycles. The Bertz CT molecular complexity index is 3160. The van der Waals surface area contributed by atoms with Gasteiger partial charge < -0.3 is 9.13 Å². The zero-order chi connectivity index (χ0) is 34.2. The first kappa shape index (κ1) is 28.9. The molecule has 0 saturated carbocycles. The van der Waals surface area contributed by atoms with Crippen molar-refractivity contribution in [2.24, 2.45) is 0 Å². The first-order valence-corrected chi connectivity index (χ1v) is 17.9. The van der Waals surface area contributed by atoms with Gasteiger partial charge in [-0.05, 0) is 104 Å². The first-order chi connectivity index (χ1) is 25.8. The van der Waals surface area contributed by atoms with Crippen molar-refractivity contribution in [2.75, 3.05) is 0 Å². The van der Waals surface area contributed by atoms with Crippen LogP contribution in [0.2, 0.25) is 0 Å². The van der Waals surface area contributed by atoms with E-state index in [0.717, 1.165) is 5.69 Å². The molecule has 0 saturated heterocycles. The molecule has 9 aromatic carbocycles. The van der Waals surface area contributed by atoms with E-state index in [0.29, 0.717) is 0 Å². The minimum atomic E-state index is 1.15. The lowest BCUT2D eigenvalue weighted by Gasteiger charge is -2.13. The standard InChI is InChI=1S/C50H32N2/c1-2-13-37(14-3-1)51-48-21-11-9-19-43(48)46-30-34(25-29-49(46)51)35-24-28-44-42-18-8-10-20-47(42)52(50(44)32-35)38-26-22-33(23-27-38)45-31-36-12-4-5-15-39(36)40-16-6-7-17-41(40)45/h1-32H. The van der Waals surface area contributed by atoms with Crippen LogP contribution in [0.3, 0.4) is 0 Å². The zero-order valence-electron chi connectivity index (χ0n) is 28.4. The van der Waals surface area contributed by atoms with E-state index in [4.69, 9.17) is 0 Å². The van der Waals surface area contributed by atoms with Gasteiger partial charge in [-0.15, -0.1) is 0 Å². The molecule has 0 N–H and O–H groups in total. The molecule has 2 aromatic heterocycles. The van der Waals surface area contributed by atoms with Crippen molar-refractivity contribution in [3.05, 3.63) is 194 Å². The molecule has 0 fully saturated rings. The highest BCUT2D eigenvalue weighted by Gasteiger charge is 2.16. The fourth-order valence-corrected chi connectivity index (χ4v) is 8.52. The van der Waals surface area contributed by atoms with Crippen molar-refractivity contribution >= 4 is 65.2 Å². The van der Waals surface area contributed by atoms with Crippen LogP contribution in [0.25, 0.3) is 98.8 Å². The van der Waals surface area contributed by atoms with Crippen LogP contribution in [0, 0.1) is 0 Å². The molecule has 52 heavy (non-hydrogen) atoms. The highest BCUT2D eigenvalue weighted by atomic mass is 15.0. The van der Waals surface area contributed by atoms with Crippen molar-refractivity contribution in [3.63, 3.8) is 0 Å². The molecule has 2 nitrogen and oxygen atoms in total. The summed E-state index contributed by atoms with van der Waals surface area (Å²) in [4.78, 5) is 0. The molecule has 0 bridgehead atoms. The molecular weight excluding hydrogens is 629 g/mol. The van der Waals surface area contributed by atoms with Gasteiger partial charge >= 0.3 is 0 Å². The van der Waals surface area contributed by atoms with Crippen molar-refractivity contribution < 1.29 is 0 Å². The molecule has 0 radical (unpaired) electrons. The Morgan fingerprint density at radius 3 is 1.52 bits per heavy atom. The second-order valence-electron chi connectivity index (χ2n) is 13.7. The minimum Gasteiger partial charge on any atom is -0.309 e. The maximum absolute atomic E-state index is 2.43. The van der Waals surface area contributed by atoms with Gasteiger partial charge in [-0.25, -0.2) is 0 Å². The van der Waals surface area contributed by atoms with Crippen LogP contribution in [-0.2, 0) is 0 Å². The summed E-state index contributed by atoms with van der Waals surface area (Å²) in [5.41, 5.74) is 12.1. The van der Waals surface area contributed by atoms with Crippen LogP contribution in [-0.4, -0.2) is 9.13 Å². The molecule has 0 spiro atoms. The van der Waals surface area contributed by atoms with E-state index in [1.165, 1.54) is 93.1 Å². The van der Waals surface area contributed by atoms with Crippen molar-refractivity contribution in [1.29, 1.82) is 0 Å². The average molecular weight is 661 g/mol. The Kier molecular flexibility index (Phi) is 6.28. The topological polar surface area (TPSA) is 9.86 Å². The molecule has 242 valence electrons. The van der Waals surface area contributed by atoms with Crippen LogP contribution in [0.1, 0.15) is 0 Å². The summed E-state index contributed by atoms with van der Waals surface area (Å²) >= 11 is 0. The van der Waals surface area contributed by atoms with Gasteiger partial charge in [0.25, 0.3) is 0 Å². The van der Waals surface area contributed by atoms with Crippen LogP contribution >= 0.6 is 0 Å². The van der Waals surface area contributed by atoms with Crippen LogP contribution < -0.4 is 0 Å². The molecule has 0 aliphatic rings. The Labute approximate surface area is 301 Å². The molecule has 0 amide bonds. The zero-order valence-corrected chi connectivity index (χ0v) is 28.4. The van der Waals surface area contributed by atoms with Crippen molar-refractivity contribution in [1.82, 2.24) is 9.13 Å². The third kappa shape index (κ3) is 4.31. The second-order valence-corrected chi connectivity index (χ2v) is 13.7. The number of aromatic nitrogens is 2. The molecule has 11 aromatic rings. The second kappa shape index (κ2) is 11.3. The number of para-hydroxylation sites is 3. The van der Waals surface area contributed by atoms with E-state index >= 15 is 0 Å². The third-order valence-corrected chi connectivity index (χ3v) is 10.9. The van der Waals surface area contributed by atoms with Gasteiger partial charge in [-0.2, -0.15) is 0 Å². The smallest absolute Gasteiger partial charge is 0.0547 e. The van der Waals surface area contributed by atoms with Crippen LogP contribution in [0.4, 0.5) is 0 Å². The summed E-state index contributed by atoms with van der Waals surface area (Å²) in [7, 11) is 0. The maximum Gasteiger partial charge on any atom is 0.0547 e. The van der Waals surface area contributed by atoms with Gasteiger partial charge in [0.1, 0.15) is 0 Å². The third-order valence-electron chi connectivity index (χ3n) is 10.9. The van der Waals surface area contributed by atoms with Gasteiger partial charge in [0, 0.05) is 32.9 Å². The fraction of sp³-hybridized carbons (Fsp3) is 0. The summed E-state index contributed by atoms with van der Waals surface area (Å²) < 4.78 is 4.80. The maximum atomic E-state index is 2.43. The lowest BCUT2D eigenvalue weighted by molar-refractivity contribution is 1.18. The van der Waals surface area contributed by atoms with Crippen LogP contribution in [0.5, 0.6) is 0 Å². The SMILES string of the molecule is c1ccc(-n2c3ccccc3c3cc(-c4ccc5c6ccccc6n(-c6ccc(-c7cc8ccccc8c8ccccc78)cc6)c5c4)ccc32)cc1. The summed E-state index contributed by atoms with van der Waals surface area (Å²) in [5, 5.41) is 10.2. The van der Waals surface area contributed by atoms with Gasteiger partial charge in [-0.3, -0.25) is 0 Å². The monoisotopic (exact) mass is 660 g/mol. The van der Waals surface area contributed by atoms with E-state index in [-0.39, 0.29) is 0 Å². The van der Waals surface area contributed by atoms with E-state index < -0.39 is 0 Å². The van der Waals surface area contributed by atoms with Crippen molar-refractivity contribution in [2.45, 2.75) is 0 Å². The summed E-state index contributed by atoms with van der Waals surface area (Å²) in [6.07, 6.45) is 0. The summed E-state index contributed by atoms with van der Waals surface area (Å²) in [6, 6.07) is 71.0. The molecular formula is C50H32N2. The number of hydrogen-bond donors (Lipinski definition) is 0. The Hall–Kier alpha value is -6.90. The minimum absolute atomic E-state index is 1.15. The number of nitrogens with zero attached hydrogens (tertiary/aromatic N) is 2. The van der Waals surface area contributed by atoms with E-state index in [1.807, 2.05) is 0 Å². The number of hydrogen-bond acceptors (Lipinski definition) is 0. The summed E-state index contributed by atoms with van der Waals surface area (Å²) in [5.74, 6) is 0. The van der Waals surface area contributed by atoms with Crippen LogP contribution in [0.15, 0.2) is 194 Å². The normalized spacial score (nSPS) is 11.8. The highest BCUT2D eigenvalue weighted by Crippen LogP contribution is 2.39. The lowest BCUT2D eigenvalue weighted by Crippen LogP contribution is -1.94. The van der Waals surface area contributed by atoms with Gasteiger partial charge in [0.05, 0.1) is 22.1 Å². The molecule has 0 atom stereocenters. The highest BCUT2D eigenvalue weighted by molar-refractivity contribution is 6.14. The van der Waals surface area contributed by atoms with E-state index in [1.54, 1.807) is 0 Å². The molecule has 11 rings (SSSR count). The predicted octanol–water partition coefficient (Wildman–Crippen LogP) is 13.5. The largest absolute Gasteiger partial charge is 0.309 e. The van der Waals surface area contributed by atoms with E-state index in [9.17, 15) is 0 Å². The first-order valence-electron chi connectivity index (χ1n) is 17.9.